The number of sulfonamides is 1. The summed E-state index contributed by atoms with van der Waals surface area (Å²) >= 11 is 0. The summed E-state index contributed by atoms with van der Waals surface area (Å²) in [5.74, 6) is -1.15. The zero-order valence-electron chi connectivity index (χ0n) is 14.6. The Bertz CT molecular complexity index is 1100. The molecular formula is C18H16FN3O4S. The van der Waals surface area contributed by atoms with Crippen molar-refractivity contribution in [2.45, 2.75) is 31.2 Å². The molecule has 0 unspecified atom stereocenters. The fraction of sp³-hybridized carbons (Fsp3) is 0.278. The van der Waals surface area contributed by atoms with E-state index in [1.165, 1.54) is 29.2 Å². The number of hydrogen-bond acceptors (Lipinski definition) is 5. The molecule has 0 radical (unpaired) electrons. The van der Waals surface area contributed by atoms with E-state index < -0.39 is 33.7 Å². The number of aromatic nitrogens is 1. The third-order valence-corrected chi connectivity index (χ3v) is 6.68. The van der Waals surface area contributed by atoms with Gasteiger partial charge < -0.3 is 0 Å². The van der Waals surface area contributed by atoms with E-state index >= 15 is 0 Å². The van der Waals surface area contributed by atoms with E-state index in [2.05, 4.69) is 4.98 Å². The number of anilines is 1. The summed E-state index contributed by atoms with van der Waals surface area (Å²) in [4.78, 5) is 30.5. The Kier molecular flexibility index (Phi) is 3.81. The molecule has 0 spiro atoms. The first-order chi connectivity index (χ1) is 12.7. The van der Waals surface area contributed by atoms with Crippen LogP contribution in [0.5, 0.6) is 0 Å². The Morgan fingerprint density at radius 3 is 2.70 bits per heavy atom. The zero-order valence-corrected chi connectivity index (χ0v) is 15.5. The molecule has 0 fully saturated rings. The second kappa shape index (κ2) is 5.85. The van der Waals surface area contributed by atoms with Crippen molar-refractivity contribution in [2.75, 3.05) is 11.4 Å². The van der Waals surface area contributed by atoms with Gasteiger partial charge in [-0.15, -0.1) is 0 Å². The minimum absolute atomic E-state index is 0.0577. The first-order valence-corrected chi connectivity index (χ1v) is 9.85. The normalized spacial score (nSPS) is 17.4. The second-order valence-corrected chi connectivity index (χ2v) is 8.54. The van der Waals surface area contributed by atoms with Crippen LogP contribution in [0.4, 0.5) is 10.2 Å². The Labute approximate surface area is 155 Å². The van der Waals surface area contributed by atoms with Gasteiger partial charge in [-0.2, -0.15) is 0 Å². The predicted octanol–water partition coefficient (Wildman–Crippen LogP) is 1.98. The maximum absolute atomic E-state index is 13.3. The molecule has 0 atom stereocenters. The van der Waals surface area contributed by atoms with Crippen molar-refractivity contribution in [1.29, 1.82) is 0 Å². The Morgan fingerprint density at radius 2 is 2.00 bits per heavy atom. The number of fused-ring (bicyclic) bond motifs is 2. The summed E-state index contributed by atoms with van der Waals surface area (Å²) in [7, 11) is -3.99. The summed E-state index contributed by atoms with van der Waals surface area (Å²) in [5.41, 5.74) is 0.815. The lowest BCUT2D eigenvalue weighted by molar-refractivity contribution is 0.0845. The number of benzene rings is 1. The zero-order chi connectivity index (χ0) is 19.5. The third-order valence-electron chi connectivity index (χ3n) is 4.68. The molecule has 27 heavy (non-hydrogen) atoms. The van der Waals surface area contributed by atoms with Crippen LogP contribution < -0.4 is 4.90 Å². The standard InChI is InChI=1S/C18H16FN3O4S/c1-10(2)22-18(24)14-4-3-12(8-15(14)27(22,25)26)17(23)21-6-5-11-7-13(19)9-20-16(11)21/h3-4,7-10H,5-6H2,1-2H3. The van der Waals surface area contributed by atoms with E-state index in [-0.39, 0.29) is 16.0 Å². The number of pyridine rings is 1. The fourth-order valence-corrected chi connectivity index (χ4v) is 5.28. The Morgan fingerprint density at radius 1 is 1.26 bits per heavy atom. The van der Waals surface area contributed by atoms with Gasteiger partial charge in [-0.3, -0.25) is 14.5 Å². The average molecular weight is 389 g/mol. The van der Waals surface area contributed by atoms with Gasteiger partial charge in [-0.05, 0) is 50.1 Å². The predicted molar refractivity (Wildman–Crippen MR) is 94.5 cm³/mol. The lowest BCUT2D eigenvalue weighted by Gasteiger charge is -2.19. The van der Waals surface area contributed by atoms with Gasteiger partial charge in [-0.25, -0.2) is 22.1 Å². The highest BCUT2D eigenvalue weighted by Crippen LogP contribution is 2.34. The van der Waals surface area contributed by atoms with Crippen LogP contribution in [-0.2, 0) is 16.4 Å². The monoisotopic (exact) mass is 389 g/mol. The number of halogens is 1. The molecule has 3 heterocycles. The SMILES string of the molecule is CC(C)N1C(=O)c2ccc(C(=O)N3CCc4cc(F)cnc43)cc2S1(=O)=O. The number of hydrogen-bond donors (Lipinski definition) is 0. The number of carbonyl (C=O) groups is 2. The number of carbonyl (C=O) groups excluding carboxylic acids is 2. The largest absolute Gasteiger partial charge is 0.292 e. The maximum Gasteiger partial charge on any atom is 0.269 e. The van der Waals surface area contributed by atoms with Gasteiger partial charge in [-0.1, -0.05) is 0 Å². The van der Waals surface area contributed by atoms with Crippen LogP contribution >= 0.6 is 0 Å². The van der Waals surface area contributed by atoms with Gasteiger partial charge in [0.1, 0.15) is 16.5 Å². The van der Waals surface area contributed by atoms with Gasteiger partial charge in [0.15, 0.2) is 0 Å². The first-order valence-electron chi connectivity index (χ1n) is 8.41. The molecule has 4 rings (SSSR count). The smallest absolute Gasteiger partial charge is 0.269 e. The molecule has 0 aliphatic carbocycles. The molecular weight excluding hydrogens is 373 g/mol. The van der Waals surface area contributed by atoms with E-state index in [1.807, 2.05) is 0 Å². The van der Waals surface area contributed by atoms with Crippen LogP contribution in [0.3, 0.4) is 0 Å². The van der Waals surface area contributed by atoms with E-state index in [4.69, 9.17) is 0 Å². The van der Waals surface area contributed by atoms with Crippen molar-refractivity contribution >= 4 is 27.7 Å². The molecule has 7 nitrogen and oxygen atoms in total. The van der Waals surface area contributed by atoms with Crippen LogP contribution in [0.25, 0.3) is 0 Å². The van der Waals surface area contributed by atoms with Crippen molar-refractivity contribution in [2.24, 2.45) is 0 Å². The van der Waals surface area contributed by atoms with E-state index in [9.17, 15) is 22.4 Å². The van der Waals surface area contributed by atoms with Gasteiger partial charge in [0.25, 0.3) is 21.8 Å². The summed E-state index contributed by atoms with van der Waals surface area (Å²) in [6.07, 6.45) is 1.51. The molecule has 2 aliphatic heterocycles. The van der Waals surface area contributed by atoms with Crippen LogP contribution in [0.1, 0.15) is 40.1 Å². The first kappa shape index (κ1) is 17.6. The van der Waals surface area contributed by atoms with Crippen molar-refractivity contribution < 1.29 is 22.4 Å². The van der Waals surface area contributed by atoms with Crippen molar-refractivity contribution in [3.8, 4) is 0 Å². The van der Waals surface area contributed by atoms with Crippen LogP contribution in [0.15, 0.2) is 35.4 Å². The molecule has 2 aromatic rings. The fourth-order valence-electron chi connectivity index (χ4n) is 3.48. The highest BCUT2D eigenvalue weighted by atomic mass is 32.2. The molecule has 1 aromatic heterocycles. The topological polar surface area (TPSA) is 87.7 Å². The highest BCUT2D eigenvalue weighted by molar-refractivity contribution is 7.90. The quantitative estimate of drug-likeness (QED) is 0.784. The molecule has 0 saturated carbocycles. The Hall–Kier alpha value is -2.81. The summed E-state index contributed by atoms with van der Waals surface area (Å²) in [6, 6.07) is 4.83. The molecule has 0 bridgehead atoms. The molecule has 140 valence electrons. The van der Waals surface area contributed by atoms with Crippen LogP contribution in [0, 0.1) is 5.82 Å². The van der Waals surface area contributed by atoms with Gasteiger partial charge >= 0.3 is 0 Å². The van der Waals surface area contributed by atoms with Crippen molar-refractivity contribution in [3.05, 3.63) is 53.0 Å². The van der Waals surface area contributed by atoms with Gasteiger partial charge in [0.2, 0.25) is 0 Å². The lowest BCUT2D eigenvalue weighted by Crippen LogP contribution is -2.36. The summed E-state index contributed by atoms with van der Waals surface area (Å²) < 4.78 is 39.5. The van der Waals surface area contributed by atoms with E-state index in [1.54, 1.807) is 13.8 Å². The van der Waals surface area contributed by atoms with Gasteiger partial charge in [0.05, 0.1) is 11.8 Å². The Balaban J connectivity index is 1.74. The number of amides is 2. The van der Waals surface area contributed by atoms with Crippen molar-refractivity contribution in [1.82, 2.24) is 9.29 Å². The molecule has 2 aliphatic rings. The maximum atomic E-state index is 13.3. The highest BCUT2D eigenvalue weighted by Gasteiger charge is 2.43. The third kappa shape index (κ3) is 2.53. The number of rotatable bonds is 2. The second-order valence-electron chi connectivity index (χ2n) is 6.75. The van der Waals surface area contributed by atoms with Crippen LogP contribution in [0.2, 0.25) is 0 Å². The lowest BCUT2D eigenvalue weighted by atomic mass is 10.1. The minimum atomic E-state index is -3.99. The van der Waals surface area contributed by atoms with E-state index in [0.29, 0.717) is 24.3 Å². The van der Waals surface area contributed by atoms with Crippen LogP contribution in [-0.4, -0.2) is 42.1 Å². The molecule has 9 heteroatoms. The molecule has 0 saturated heterocycles. The summed E-state index contributed by atoms with van der Waals surface area (Å²) in [6.45, 7) is 3.55. The molecule has 2 amide bonds. The van der Waals surface area contributed by atoms with E-state index in [0.717, 1.165) is 10.5 Å². The minimum Gasteiger partial charge on any atom is -0.292 e. The molecule has 1 aromatic carbocycles. The van der Waals surface area contributed by atoms with Gasteiger partial charge in [0, 0.05) is 18.2 Å². The summed E-state index contributed by atoms with van der Waals surface area (Å²) in [5, 5.41) is 0. The number of nitrogens with zero attached hydrogens (tertiary/aromatic N) is 3. The molecule has 0 N–H and O–H groups in total. The average Bonchev–Trinajstić information content (AvgIpc) is 3.10. The van der Waals surface area contributed by atoms with Crippen molar-refractivity contribution in [3.63, 3.8) is 0 Å².